The van der Waals surface area contributed by atoms with Gasteiger partial charge in [-0.3, -0.25) is 5.01 Å². The lowest BCUT2D eigenvalue weighted by Crippen LogP contribution is -2.45. The Bertz CT molecular complexity index is 142. The number of alkyl halides is 1. The molecule has 5 nitrogen and oxygen atoms in total. The van der Waals surface area contributed by atoms with Crippen LogP contribution in [0.25, 0.3) is 0 Å². The molecule has 1 saturated heterocycles. The fraction of sp³-hybridized carbons (Fsp3) is 1.00. The summed E-state index contributed by atoms with van der Waals surface area (Å²) in [7, 11) is 0. The summed E-state index contributed by atoms with van der Waals surface area (Å²) in [4.78, 5) is 4.43. The maximum atomic E-state index is 8.70. The minimum atomic E-state index is 0.00112. The molecule has 0 aromatic heterocycles. The maximum Gasteiger partial charge on any atom is 0.192 e. The van der Waals surface area contributed by atoms with Gasteiger partial charge in [-0.1, -0.05) is 11.6 Å². The van der Waals surface area contributed by atoms with Gasteiger partial charge in [0.2, 0.25) is 0 Å². The molecule has 0 bridgehead atoms. The molecule has 1 atom stereocenters. The van der Waals surface area contributed by atoms with Crippen molar-refractivity contribution in [1.82, 2.24) is 5.01 Å². The molecule has 0 spiro atoms. The summed E-state index contributed by atoms with van der Waals surface area (Å²) in [6.07, 6.45) is 0.955. The van der Waals surface area contributed by atoms with Crippen molar-refractivity contribution in [1.29, 1.82) is 0 Å². The average Bonchev–Trinajstić information content (AvgIpc) is 1.97. The molecule has 1 fully saturated rings. The fourth-order valence-corrected chi connectivity index (χ4v) is 0.869. The zero-order valence-corrected chi connectivity index (χ0v) is 6.74. The molecule has 0 aliphatic carbocycles. The molecule has 1 N–H and O–H groups in total. The summed E-state index contributed by atoms with van der Waals surface area (Å²) in [6, 6.07) is 0.110. The van der Waals surface area contributed by atoms with E-state index in [0.717, 1.165) is 13.0 Å². The molecule has 0 radical (unpaired) electrons. The van der Waals surface area contributed by atoms with Crippen molar-refractivity contribution in [3.05, 3.63) is 0 Å². The SMILES string of the molecule is OC[C@@H]1CCN1/N=N/OCCl. The van der Waals surface area contributed by atoms with Crippen molar-refractivity contribution >= 4 is 11.6 Å². The van der Waals surface area contributed by atoms with Crippen LogP contribution in [-0.4, -0.2) is 35.4 Å². The Kier molecular flexibility index (Phi) is 3.38. The molecule has 6 heteroatoms. The van der Waals surface area contributed by atoms with Crippen molar-refractivity contribution in [3.63, 3.8) is 0 Å². The highest BCUT2D eigenvalue weighted by Crippen LogP contribution is 2.16. The number of aliphatic hydroxyl groups excluding tert-OH is 1. The van der Waals surface area contributed by atoms with Crippen LogP contribution in [0.5, 0.6) is 0 Å². The minimum Gasteiger partial charge on any atom is -0.394 e. The van der Waals surface area contributed by atoms with Crippen LogP contribution in [0.3, 0.4) is 0 Å². The average molecular weight is 180 g/mol. The Morgan fingerprint density at radius 3 is 3.00 bits per heavy atom. The van der Waals surface area contributed by atoms with Gasteiger partial charge in [-0.05, 0) is 11.6 Å². The zero-order valence-electron chi connectivity index (χ0n) is 5.98. The van der Waals surface area contributed by atoms with E-state index in [0.29, 0.717) is 0 Å². The molecule has 1 heterocycles. The van der Waals surface area contributed by atoms with Gasteiger partial charge in [0, 0.05) is 11.8 Å². The number of hydrogen-bond acceptors (Lipinski definition) is 4. The lowest BCUT2D eigenvalue weighted by molar-refractivity contribution is 0.0147. The second-order valence-corrected chi connectivity index (χ2v) is 2.42. The molecular weight excluding hydrogens is 170 g/mol. The Labute approximate surface area is 69.5 Å². The van der Waals surface area contributed by atoms with Crippen molar-refractivity contribution < 1.29 is 9.94 Å². The zero-order chi connectivity index (χ0) is 8.10. The number of nitrogens with zero attached hydrogens (tertiary/aromatic N) is 3. The molecule has 0 aromatic carbocycles. The van der Waals surface area contributed by atoms with Crippen LogP contribution in [0.2, 0.25) is 0 Å². The molecule has 1 aliphatic rings. The molecule has 0 aromatic rings. The summed E-state index contributed by atoms with van der Waals surface area (Å²) in [5, 5.41) is 17.3. The third kappa shape index (κ3) is 2.20. The summed E-state index contributed by atoms with van der Waals surface area (Å²) in [5.74, 6) is 0. The highest BCUT2D eigenvalue weighted by atomic mass is 35.5. The highest BCUT2D eigenvalue weighted by molar-refractivity contribution is 6.17. The van der Waals surface area contributed by atoms with Crippen molar-refractivity contribution in [2.45, 2.75) is 12.5 Å². The first-order valence-corrected chi connectivity index (χ1v) is 3.88. The van der Waals surface area contributed by atoms with E-state index < -0.39 is 0 Å². The van der Waals surface area contributed by atoms with Gasteiger partial charge >= 0.3 is 0 Å². The minimum absolute atomic E-state index is 0.00112. The molecule has 0 saturated carbocycles. The van der Waals surface area contributed by atoms with Gasteiger partial charge in [0.05, 0.1) is 12.6 Å². The highest BCUT2D eigenvalue weighted by Gasteiger charge is 2.26. The van der Waals surface area contributed by atoms with E-state index in [1.165, 1.54) is 0 Å². The second kappa shape index (κ2) is 4.35. The van der Waals surface area contributed by atoms with Crippen molar-refractivity contribution in [3.8, 4) is 0 Å². The van der Waals surface area contributed by atoms with E-state index in [4.69, 9.17) is 16.7 Å². The second-order valence-electron chi connectivity index (χ2n) is 2.20. The van der Waals surface area contributed by atoms with E-state index >= 15 is 0 Å². The van der Waals surface area contributed by atoms with E-state index in [1.807, 2.05) is 0 Å². The summed E-state index contributed by atoms with van der Waals surface area (Å²) >= 11 is 5.17. The van der Waals surface area contributed by atoms with Gasteiger partial charge in [0.25, 0.3) is 0 Å². The molecule has 11 heavy (non-hydrogen) atoms. The summed E-state index contributed by atoms with van der Waals surface area (Å²) in [5.41, 5.74) is 0. The molecule has 64 valence electrons. The summed E-state index contributed by atoms with van der Waals surface area (Å²) < 4.78 is 0. The topological polar surface area (TPSA) is 57.4 Å². The first-order valence-electron chi connectivity index (χ1n) is 3.35. The van der Waals surface area contributed by atoms with Gasteiger partial charge < -0.3 is 9.94 Å². The predicted octanol–water partition coefficient (Wildman–Crippen LogP) is 0.548. The lowest BCUT2D eigenvalue weighted by Gasteiger charge is -2.35. The number of hydrogen-bond donors (Lipinski definition) is 1. The van der Waals surface area contributed by atoms with Crippen molar-refractivity contribution in [2.24, 2.45) is 10.5 Å². The molecule has 0 unspecified atom stereocenters. The van der Waals surface area contributed by atoms with E-state index in [1.54, 1.807) is 5.01 Å². The molecular formula is C5H10ClN3O2. The maximum absolute atomic E-state index is 8.70. The monoisotopic (exact) mass is 179 g/mol. The van der Waals surface area contributed by atoms with E-state index in [-0.39, 0.29) is 18.7 Å². The largest absolute Gasteiger partial charge is 0.394 e. The van der Waals surface area contributed by atoms with Gasteiger partial charge in [-0.2, -0.15) is 0 Å². The fourth-order valence-electron chi connectivity index (χ4n) is 0.825. The van der Waals surface area contributed by atoms with Crippen LogP contribution in [0.1, 0.15) is 6.42 Å². The first-order chi connectivity index (χ1) is 5.38. The Hall–Kier alpha value is -0.550. The van der Waals surface area contributed by atoms with Crippen LogP contribution in [-0.2, 0) is 4.84 Å². The van der Waals surface area contributed by atoms with Gasteiger partial charge in [0.1, 0.15) is 0 Å². The van der Waals surface area contributed by atoms with Crippen molar-refractivity contribution in [2.75, 3.05) is 19.2 Å². The van der Waals surface area contributed by atoms with Gasteiger partial charge in [-0.25, -0.2) is 0 Å². The van der Waals surface area contributed by atoms with Gasteiger partial charge in [-0.15, -0.1) is 0 Å². The third-order valence-electron chi connectivity index (χ3n) is 1.58. The van der Waals surface area contributed by atoms with Gasteiger partial charge in [0.15, 0.2) is 6.07 Å². The van der Waals surface area contributed by atoms with Crippen LogP contribution >= 0.6 is 11.6 Å². The lowest BCUT2D eigenvalue weighted by atomic mass is 10.1. The molecule has 1 aliphatic heterocycles. The Morgan fingerprint density at radius 1 is 1.73 bits per heavy atom. The number of rotatable bonds is 4. The number of aliphatic hydroxyl groups is 1. The third-order valence-corrected chi connectivity index (χ3v) is 1.68. The Morgan fingerprint density at radius 2 is 2.55 bits per heavy atom. The van der Waals surface area contributed by atoms with E-state index in [9.17, 15) is 0 Å². The smallest absolute Gasteiger partial charge is 0.192 e. The number of halogens is 1. The normalized spacial score (nSPS) is 23.8. The quantitative estimate of drug-likeness (QED) is 0.390. The predicted molar refractivity (Wildman–Crippen MR) is 38.9 cm³/mol. The van der Waals surface area contributed by atoms with Crippen LogP contribution in [0, 0.1) is 0 Å². The van der Waals surface area contributed by atoms with E-state index in [2.05, 4.69) is 15.3 Å². The molecule has 0 amide bonds. The standard InChI is InChI=1S/C5H10ClN3O2/c6-4-11-8-7-9-2-1-5(9)3-10/h5,10H,1-4H2/b8-7+/t5-/m0/s1. The molecule has 1 rings (SSSR count). The first kappa shape index (κ1) is 8.55. The summed E-state index contributed by atoms with van der Waals surface area (Å²) in [6.45, 7) is 0.931. The van der Waals surface area contributed by atoms with Crippen LogP contribution < -0.4 is 0 Å². The Balaban J connectivity index is 2.16. The van der Waals surface area contributed by atoms with Crippen LogP contribution in [0.4, 0.5) is 0 Å². The van der Waals surface area contributed by atoms with Crippen LogP contribution in [0.15, 0.2) is 10.5 Å².